The van der Waals surface area contributed by atoms with Gasteiger partial charge >= 0.3 is 0 Å². The van der Waals surface area contributed by atoms with Crippen molar-refractivity contribution in [3.63, 3.8) is 0 Å². The van der Waals surface area contributed by atoms with Crippen molar-refractivity contribution in [3.8, 4) is 10.7 Å². The summed E-state index contributed by atoms with van der Waals surface area (Å²) in [5, 5.41) is 7.22. The molecule has 1 atom stereocenters. The first-order valence-corrected chi connectivity index (χ1v) is 8.32. The van der Waals surface area contributed by atoms with Gasteiger partial charge in [-0.1, -0.05) is 20.8 Å². The van der Waals surface area contributed by atoms with Gasteiger partial charge in [0.2, 0.25) is 0 Å². The van der Waals surface area contributed by atoms with Gasteiger partial charge in [-0.2, -0.15) is 5.10 Å². The van der Waals surface area contributed by atoms with Gasteiger partial charge in [0, 0.05) is 11.9 Å². The number of hydrogen-bond donors (Lipinski definition) is 1. The van der Waals surface area contributed by atoms with E-state index < -0.39 is 0 Å². The molecule has 0 bridgehead atoms. The van der Waals surface area contributed by atoms with Crippen LogP contribution in [0, 0.1) is 16.1 Å². The Morgan fingerprint density at radius 1 is 1.45 bits per heavy atom. The first kappa shape index (κ1) is 14.0. The maximum atomic E-state index is 5.20. The molecule has 2 aromatic heterocycles. The topological polar surface area (TPSA) is 33.6 Å². The van der Waals surface area contributed by atoms with Gasteiger partial charge in [0.05, 0.1) is 4.88 Å². The van der Waals surface area contributed by atoms with Gasteiger partial charge < -0.3 is 4.57 Å². The molecule has 0 saturated carbocycles. The summed E-state index contributed by atoms with van der Waals surface area (Å²) >= 11 is 7.08. The van der Waals surface area contributed by atoms with Crippen LogP contribution < -0.4 is 0 Å². The SMILES string of the molecule is Cn1c(-c2cc3c(s2)CC[C@H](C(C)(C)C)C3)n[nH]c1=S. The largest absolute Gasteiger partial charge is 0.303 e. The lowest BCUT2D eigenvalue weighted by Gasteiger charge is -2.33. The van der Waals surface area contributed by atoms with Gasteiger partial charge in [0.25, 0.3) is 0 Å². The molecule has 0 aliphatic heterocycles. The Kier molecular flexibility index (Phi) is 3.37. The Labute approximate surface area is 129 Å². The maximum absolute atomic E-state index is 5.20. The molecule has 0 unspecified atom stereocenters. The van der Waals surface area contributed by atoms with Crippen LogP contribution in [-0.2, 0) is 19.9 Å². The van der Waals surface area contributed by atoms with Crippen LogP contribution in [0.5, 0.6) is 0 Å². The van der Waals surface area contributed by atoms with E-state index in [0.717, 1.165) is 11.7 Å². The number of hydrogen-bond acceptors (Lipinski definition) is 3. The lowest BCUT2D eigenvalue weighted by Crippen LogP contribution is -2.26. The van der Waals surface area contributed by atoms with Crippen LogP contribution in [0.1, 0.15) is 37.6 Å². The predicted octanol–water partition coefficient (Wildman–Crippen LogP) is 4.36. The van der Waals surface area contributed by atoms with E-state index >= 15 is 0 Å². The number of thiophene rings is 1. The van der Waals surface area contributed by atoms with Crippen LogP contribution in [0.4, 0.5) is 0 Å². The first-order chi connectivity index (χ1) is 9.36. The quantitative estimate of drug-likeness (QED) is 0.794. The molecule has 2 heterocycles. The minimum absolute atomic E-state index is 0.393. The van der Waals surface area contributed by atoms with E-state index in [4.69, 9.17) is 12.2 Å². The van der Waals surface area contributed by atoms with Crippen molar-refractivity contribution in [3.05, 3.63) is 21.3 Å². The molecular formula is C15H21N3S2. The summed E-state index contributed by atoms with van der Waals surface area (Å²) in [7, 11) is 1.97. The fraction of sp³-hybridized carbons (Fsp3) is 0.600. The van der Waals surface area contributed by atoms with Crippen molar-refractivity contribution < 1.29 is 0 Å². The second-order valence-corrected chi connectivity index (χ2v) is 8.30. The zero-order valence-electron chi connectivity index (χ0n) is 12.5. The maximum Gasteiger partial charge on any atom is 0.195 e. The summed E-state index contributed by atoms with van der Waals surface area (Å²) in [6.45, 7) is 7.06. The van der Waals surface area contributed by atoms with Crippen LogP contribution in [0.25, 0.3) is 10.7 Å². The molecule has 3 nitrogen and oxygen atoms in total. The monoisotopic (exact) mass is 307 g/mol. The van der Waals surface area contributed by atoms with E-state index in [1.54, 1.807) is 0 Å². The molecule has 5 heteroatoms. The van der Waals surface area contributed by atoms with Crippen LogP contribution in [0.15, 0.2) is 6.07 Å². The molecule has 1 aliphatic rings. The summed E-state index contributed by atoms with van der Waals surface area (Å²) < 4.78 is 2.63. The lowest BCUT2D eigenvalue weighted by molar-refractivity contribution is 0.217. The highest BCUT2D eigenvalue weighted by Crippen LogP contribution is 2.41. The van der Waals surface area contributed by atoms with Crippen molar-refractivity contribution in [2.45, 2.75) is 40.0 Å². The highest BCUT2D eigenvalue weighted by molar-refractivity contribution is 7.71. The zero-order valence-corrected chi connectivity index (χ0v) is 14.1. The van der Waals surface area contributed by atoms with Crippen LogP contribution >= 0.6 is 23.6 Å². The van der Waals surface area contributed by atoms with E-state index in [1.807, 2.05) is 23.0 Å². The Bertz CT molecular complexity index is 685. The van der Waals surface area contributed by atoms with E-state index in [0.29, 0.717) is 10.2 Å². The molecule has 1 N–H and O–H groups in total. The number of aromatic nitrogens is 3. The van der Waals surface area contributed by atoms with E-state index in [2.05, 4.69) is 37.0 Å². The van der Waals surface area contributed by atoms with E-state index in [9.17, 15) is 0 Å². The number of aryl methyl sites for hydroxylation is 1. The molecule has 0 aromatic carbocycles. The summed E-state index contributed by atoms with van der Waals surface area (Å²) in [5.74, 6) is 1.74. The third kappa shape index (κ3) is 2.37. The van der Waals surface area contributed by atoms with Gasteiger partial charge in [-0.05, 0) is 54.4 Å². The minimum Gasteiger partial charge on any atom is -0.303 e. The predicted molar refractivity (Wildman–Crippen MR) is 86.7 cm³/mol. The number of nitrogens with zero attached hydrogens (tertiary/aromatic N) is 2. The molecular weight excluding hydrogens is 286 g/mol. The number of H-pyrrole nitrogens is 1. The number of fused-ring (bicyclic) bond motifs is 1. The van der Waals surface area contributed by atoms with Crippen molar-refractivity contribution in [1.82, 2.24) is 14.8 Å². The minimum atomic E-state index is 0.393. The fourth-order valence-corrected chi connectivity index (χ4v) is 4.31. The van der Waals surface area contributed by atoms with Crippen molar-refractivity contribution in [1.29, 1.82) is 0 Å². The summed E-state index contributed by atoms with van der Waals surface area (Å²) in [5.41, 5.74) is 1.91. The van der Waals surface area contributed by atoms with Crippen LogP contribution in [-0.4, -0.2) is 14.8 Å². The Morgan fingerprint density at radius 2 is 2.20 bits per heavy atom. The second-order valence-electron chi connectivity index (χ2n) is 6.78. The molecule has 0 saturated heterocycles. The molecule has 20 heavy (non-hydrogen) atoms. The Morgan fingerprint density at radius 3 is 2.80 bits per heavy atom. The van der Waals surface area contributed by atoms with Gasteiger partial charge in [0.15, 0.2) is 10.6 Å². The highest BCUT2D eigenvalue weighted by Gasteiger charge is 2.30. The van der Waals surface area contributed by atoms with Gasteiger partial charge in [-0.3, -0.25) is 5.10 Å². The van der Waals surface area contributed by atoms with Crippen molar-refractivity contribution >= 4 is 23.6 Å². The van der Waals surface area contributed by atoms with Crippen LogP contribution in [0.3, 0.4) is 0 Å². The smallest absolute Gasteiger partial charge is 0.195 e. The average molecular weight is 307 g/mol. The van der Waals surface area contributed by atoms with Crippen molar-refractivity contribution in [2.75, 3.05) is 0 Å². The molecule has 1 aliphatic carbocycles. The normalized spacial score (nSPS) is 19.1. The first-order valence-electron chi connectivity index (χ1n) is 7.09. The van der Waals surface area contributed by atoms with E-state index in [1.165, 1.54) is 34.6 Å². The standard InChI is InChI=1S/C15H21N3S2/c1-15(2,3)10-5-6-11-9(7-10)8-12(20-11)13-16-17-14(19)18(13)4/h8,10H,5-7H2,1-4H3,(H,17,19)/t10-/m0/s1. The zero-order chi connectivity index (χ0) is 14.5. The average Bonchev–Trinajstić information content (AvgIpc) is 2.92. The molecule has 3 rings (SSSR count). The highest BCUT2D eigenvalue weighted by atomic mass is 32.1. The molecule has 0 radical (unpaired) electrons. The molecule has 0 amide bonds. The molecule has 0 fully saturated rings. The molecule has 108 valence electrons. The third-order valence-electron chi connectivity index (χ3n) is 4.41. The second kappa shape index (κ2) is 4.81. The number of aromatic amines is 1. The molecule has 0 spiro atoms. The Balaban J connectivity index is 1.95. The number of rotatable bonds is 1. The summed E-state index contributed by atoms with van der Waals surface area (Å²) in [6, 6.07) is 2.32. The van der Waals surface area contributed by atoms with Gasteiger partial charge in [0.1, 0.15) is 0 Å². The van der Waals surface area contributed by atoms with Crippen molar-refractivity contribution in [2.24, 2.45) is 18.4 Å². The summed E-state index contributed by atoms with van der Waals surface area (Å²) in [4.78, 5) is 2.77. The van der Waals surface area contributed by atoms with Gasteiger partial charge in [-0.25, -0.2) is 0 Å². The molecule has 2 aromatic rings. The van der Waals surface area contributed by atoms with Crippen LogP contribution in [0.2, 0.25) is 0 Å². The summed E-state index contributed by atoms with van der Waals surface area (Å²) in [6.07, 6.45) is 3.70. The Hall–Kier alpha value is -0.940. The van der Waals surface area contributed by atoms with E-state index in [-0.39, 0.29) is 0 Å². The van der Waals surface area contributed by atoms with Gasteiger partial charge in [-0.15, -0.1) is 11.3 Å². The number of nitrogens with one attached hydrogen (secondary N) is 1. The third-order valence-corrected chi connectivity index (χ3v) is 6.01. The fourth-order valence-electron chi connectivity index (χ4n) is 2.94. The lowest BCUT2D eigenvalue weighted by atomic mass is 9.72.